The average Bonchev–Trinajstić information content (AvgIpc) is 3.01. The van der Waals surface area contributed by atoms with E-state index in [0.717, 1.165) is 49.0 Å². The van der Waals surface area contributed by atoms with Gasteiger partial charge in [-0.3, -0.25) is 4.90 Å². The molecule has 2 fully saturated rings. The summed E-state index contributed by atoms with van der Waals surface area (Å²) in [5, 5.41) is 9.31. The number of rotatable bonds is 2. The second-order valence-corrected chi connectivity index (χ2v) is 6.09. The molecule has 3 heteroatoms. The van der Waals surface area contributed by atoms with Crippen molar-refractivity contribution < 1.29 is 0 Å². The van der Waals surface area contributed by atoms with Crippen molar-refractivity contribution in [2.24, 2.45) is 0 Å². The summed E-state index contributed by atoms with van der Waals surface area (Å²) in [5.74, 6) is 0. The zero-order valence-electron chi connectivity index (χ0n) is 12.3. The molecule has 106 valence electrons. The van der Waals surface area contributed by atoms with Crippen molar-refractivity contribution in [2.45, 2.75) is 38.6 Å². The van der Waals surface area contributed by atoms with E-state index in [0.29, 0.717) is 0 Å². The lowest BCUT2D eigenvalue weighted by molar-refractivity contribution is 0.187. The number of hydrogen-bond donors (Lipinski definition) is 0. The molecule has 0 amide bonds. The minimum Gasteiger partial charge on any atom is -0.368 e. The van der Waals surface area contributed by atoms with Crippen LogP contribution in [0, 0.1) is 18.3 Å². The number of aryl methyl sites for hydroxylation is 1. The molecular formula is C17H23N3. The van der Waals surface area contributed by atoms with Gasteiger partial charge in [-0.15, -0.1) is 0 Å². The fourth-order valence-electron chi connectivity index (χ4n) is 3.61. The molecule has 3 nitrogen and oxygen atoms in total. The topological polar surface area (TPSA) is 30.3 Å². The molecule has 0 N–H and O–H groups in total. The van der Waals surface area contributed by atoms with Gasteiger partial charge in [-0.2, -0.15) is 5.26 Å². The van der Waals surface area contributed by atoms with E-state index in [1.54, 1.807) is 0 Å². The third-order valence-corrected chi connectivity index (χ3v) is 4.77. The van der Waals surface area contributed by atoms with Crippen LogP contribution < -0.4 is 4.90 Å². The van der Waals surface area contributed by atoms with Gasteiger partial charge in [0.15, 0.2) is 0 Å². The molecule has 0 spiro atoms. The van der Waals surface area contributed by atoms with Crippen LogP contribution in [0.3, 0.4) is 0 Å². The molecule has 0 atom stereocenters. The largest absolute Gasteiger partial charge is 0.368 e. The van der Waals surface area contributed by atoms with Gasteiger partial charge in [0, 0.05) is 32.2 Å². The highest BCUT2D eigenvalue weighted by molar-refractivity contribution is 5.60. The van der Waals surface area contributed by atoms with E-state index >= 15 is 0 Å². The Hall–Kier alpha value is -1.53. The van der Waals surface area contributed by atoms with Crippen molar-refractivity contribution in [3.63, 3.8) is 0 Å². The van der Waals surface area contributed by atoms with Crippen LogP contribution in [0.5, 0.6) is 0 Å². The van der Waals surface area contributed by atoms with E-state index < -0.39 is 0 Å². The smallest absolute Gasteiger partial charge is 0.101 e. The summed E-state index contributed by atoms with van der Waals surface area (Å²) in [6.07, 6.45) is 5.57. The maximum absolute atomic E-state index is 9.31. The Balaban J connectivity index is 1.67. The number of nitriles is 1. The lowest BCUT2D eigenvalue weighted by atomic mass is 10.1. The summed E-state index contributed by atoms with van der Waals surface area (Å²) in [6.45, 7) is 6.43. The molecule has 1 aromatic rings. The van der Waals surface area contributed by atoms with E-state index in [4.69, 9.17) is 0 Å². The zero-order valence-corrected chi connectivity index (χ0v) is 12.3. The van der Waals surface area contributed by atoms with Crippen molar-refractivity contribution in [3.8, 4) is 6.07 Å². The van der Waals surface area contributed by atoms with E-state index in [1.807, 2.05) is 13.0 Å². The third-order valence-electron chi connectivity index (χ3n) is 4.77. The molecule has 0 aromatic heterocycles. The zero-order chi connectivity index (χ0) is 13.9. The van der Waals surface area contributed by atoms with Crippen molar-refractivity contribution in [3.05, 3.63) is 29.3 Å². The second-order valence-electron chi connectivity index (χ2n) is 6.09. The van der Waals surface area contributed by atoms with Gasteiger partial charge in [-0.05, 0) is 37.5 Å². The minimum absolute atomic E-state index is 0.819. The summed E-state index contributed by atoms with van der Waals surface area (Å²) >= 11 is 0. The summed E-state index contributed by atoms with van der Waals surface area (Å²) in [7, 11) is 0. The monoisotopic (exact) mass is 269 g/mol. The van der Waals surface area contributed by atoms with E-state index in [-0.39, 0.29) is 0 Å². The maximum atomic E-state index is 9.31. The Labute approximate surface area is 121 Å². The molecule has 3 rings (SSSR count). The molecule has 0 radical (unpaired) electrons. The molecule has 2 aliphatic rings. The number of nitrogens with zero attached hydrogens (tertiary/aromatic N) is 3. The number of benzene rings is 1. The van der Waals surface area contributed by atoms with Gasteiger partial charge in [0.1, 0.15) is 6.07 Å². The van der Waals surface area contributed by atoms with Crippen molar-refractivity contribution in [1.29, 1.82) is 5.26 Å². The Morgan fingerprint density at radius 1 is 1.10 bits per heavy atom. The molecule has 0 bridgehead atoms. The summed E-state index contributed by atoms with van der Waals surface area (Å²) in [4.78, 5) is 5.03. The predicted molar refractivity (Wildman–Crippen MR) is 81.9 cm³/mol. The van der Waals surface area contributed by atoms with Gasteiger partial charge in [-0.1, -0.05) is 18.9 Å². The Bertz CT molecular complexity index is 503. The molecule has 1 aliphatic heterocycles. The molecule has 1 aromatic carbocycles. The molecule has 0 unspecified atom stereocenters. The summed E-state index contributed by atoms with van der Waals surface area (Å²) < 4.78 is 0. The van der Waals surface area contributed by atoms with Gasteiger partial charge in [0.25, 0.3) is 0 Å². The van der Waals surface area contributed by atoms with E-state index in [2.05, 4.69) is 28.0 Å². The standard InChI is InChI=1S/C17H23N3/c1-14-6-7-17(15(12-14)13-18)20-10-8-19(9-11-20)16-4-2-3-5-16/h6-7,12,16H,2-5,8-11H2,1H3. The predicted octanol–water partition coefficient (Wildman–Crippen LogP) is 2.93. The number of anilines is 1. The summed E-state index contributed by atoms with van der Waals surface area (Å²) in [6, 6.07) is 9.39. The lowest BCUT2D eigenvalue weighted by Crippen LogP contribution is -2.49. The summed E-state index contributed by atoms with van der Waals surface area (Å²) in [5.41, 5.74) is 3.10. The maximum Gasteiger partial charge on any atom is 0.101 e. The minimum atomic E-state index is 0.819. The fourth-order valence-corrected chi connectivity index (χ4v) is 3.61. The molecule has 1 saturated carbocycles. The lowest BCUT2D eigenvalue weighted by Gasteiger charge is -2.39. The van der Waals surface area contributed by atoms with Gasteiger partial charge < -0.3 is 4.90 Å². The molecule has 20 heavy (non-hydrogen) atoms. The van der Waals surface area contributed by atoms with Gasteiger partial charge in [-0.25, -0.2) is 0 Å². The highest BCUT2D eigenvalue weighted by Crippen LogP contribution is 2.27. The molecular weight excluding hydrogens is 246 g/mol. The number of hydrogen-bond acceptors (Lipinski definition) is 3. The highest BCUT2D eigenvalue weighted by Gasteiger charge is 2.26. The molecule has 1 heterocycles. The quantitative estimate of drug-likeness (QED) is 0.827. The van der Waals surface area contributed by atoms with Crippen molar-refractivity contribution in [2.75, 3.05) is 31.1 Å². The van der Waals surface area contributed by atoms with Crippen LogP contribution in [-0.2, 0) is 0 Å². The Morgan fingerprint density at radius 3 is 2.45 bits per heavy atom. The van der Waals surface area contributed by atoms with E-state index in [9.17, 15) is 5.26 Å². The van der Waals surface area contributed by atoms with Crippen LogP contribution in [0.15, 0.2) is 18.2 Å². The van der Waals surface area contributed by atoms with Crippen LogP contribution >= 0.6 is 0 Å². The first-order chi connectivity index (χ1) is 9.78. The Kier molecular flexibility index (Phi) is 3.93. The SMILES string of the molecule is Cc1ccc(N2CCN(C3CCCC3)CC2)c(C#N)c1. The first-order valence-corrected chi connectivity index (χ1v) is 7.77. The normalized spacial score (nSPS) is 21.1. The third kappa shape index (κ3) is 2.66. The van der Waals surface area contributed by atoms with Crippen molar-refractivity contribution in [1.82, 2.24) is 4.90 Å². The second kappa shape index (κ2) is 5.85. The fraction of sp³-hybridized carbons (Fsp3) is 0.588. The van der Waals surface area contributed by atoms with Crippen molar-refractivity contribution >= 4 is 5.69 Å². The molecule has 1 aliphatic carbocycles. The first kappa shape index (κ1) is 13.5. The first-order valence-electron chi connectivity index (χ1n) is 7.77. The van der Waals surface area contributed by atoms with Crippen LogP contribution in [-0.4, -0.2) is 37.1 Å². The van der Waals surface area contributed by atoms with Gasteiger partial charge in [0.05, 0.1) is 11.3 Å². The number of piperazine rings is 1. The van der Waals surface area contributed by atoms with E-state index in [1.165, 1.54) is 25.7 Å². The average molecular weight is 269 g/mol. The van der Waals surface area contributed by atoms with Gasteiger partial charge in [0.2, 0.25) is 0 Å². The van der Waals surface area contributed by atoms with Crippen LogP contribution in [0.2, 0.25) is 0 Å². The Morgan fingerprint density at radius 2 is 1.80 bits per heavy atom. The van der Waals surface area contributed by atoms with Crippen LogP contribution in [0.4, 0.5) is 5.69 Å². The van der Waals surface area contributed by atoms with Gasteiger partial charge >= 0.3 is 0 Å². The molecule has 1 saturated heterocycles. The highest BCUT2D eigenvalue weighted by atomic mass is 15.3. The van der Waals surface area contributed by atoms with Crippen LogP contribution in [0.25, 0.3) is 0 Å². The van der Waals surface area contributed by atoms with Crippen LogP contribution in [0.1, 0.15) is 36.8 Å².